The van der Waals surface area contributed by atoms with Gasteiger partial charge in [-0.15, -0.1) is 0 Å². The molecule has 0 rings (SSSR count). The molecule has 0 aliphatic rings. The largest absolute Gasteiger partial charge is 0.544 e. The van der Waals surface area contributed by atoms with Crippen molar-refractivity contribution in [2.24, 2.45) is 0 Å². The molecule has 0 saturated heterocycles. The molecule has 0 fully saturated rings. The Morgan fingerprint density at radius 3 is 1.64 bits per heavy atom. The van der Waals surface area contributed by atoms with Gasteiger partial charge in [0.15, 0.2) is 6.10 Å². The van der Waals surface area contributed by atoms with Crippen LogP contribution in [0.1, 0.15) is 142 Å². The molecule has 0 saturated carbocycles. The molecule has 53 heavy (non-hydrogen) atoms. The number of carbonyl (C=O) groups excluding carboxylic acids is 3. The van der Waals surface area contributed by atoms with E-state index in [1.165, 1.54) is 32.1 Å². The number of esters is 2. The standard InChI is InChI=1S/C45H75NO7/c1-6-8-10-12-14-16-18-20-21-22-23-24-26-28-30-32-34-36-44(48)53-41(39-51-38-37-42(45(49)50)46(3,4)5)40-52-43(47)35-33-31-29-27-25-19-17-15-13-11-9-7-2/h8,10,14-17,20-21,23-24,28,30,41-42H,6-7,9,11-13,18-19,22,25-27,29,31-40H2,1-5H3/b10-8-,16-14-,17-15-,21-20-,24-23-,30-28-. The van der Waals surface area contributed by atoms with Crippen molar-refractivity contribution >= 4 is 17.9 Å². The van der Waals surface area contributed by atoms with E-state index in [2.05, 4.69) is 86.8 Å². The van der Waals surface area contributed by atoms with E-state index < -0.39 is 18.1 Å². The summed E-state index contributed by atoms with van der Waals surface area (Å²) in [5, 5.41) is 11.6. The maximum Gasteiger partial charge on any atom is 0.306 e. The van der Waals surface area contributed by atoms with Gasteiger partial charge in [0.25, 0.3) is 0 Å². The molecule has 0 aromatic heterocycles. The molecule has 0 bridgehead atoms. The van der Waals surface area contributed by atoms with Crippen LogP contribution in [0.25, 0.3) is 0 Å². The number of carbonyl (C=O) groups is 3. The molecule has 0 amide bonds. The normalized spacial score (nSPS) is 13.8. The second kappa shape index (κ2) is 35.8. The number of hydrogen-bond acceptors (Lipinski definition) is 7. The second-order valence-corrected chi connectivity index (χ2v) is 14.5. The predicted octanol–water partition coefficient (Wildman–Crippen LogP) is 9.46. The van der Waals surface area contributed by atoms with Crippen LogP contribution >= 0.6 is 0 Å². The summed E-state index contributed by atoms with van der Waals surface area (Å²) in [5.74, 6) is -1.83. The Bertz CT molecular complexity index is 1100. The number of allylic oxidation sites excluding steroid dienone is 12. The summed E-state index contributed by atoms with van der Waals surface area (Å²) < 4.78 is 17.0. The van der Waals surface area contributed by atoms with E-state index in [1.807, 2.05) is 0 Å². The Kier molecular flexibility index (Phi) is 33.6. The first-order valence-electron chi connectivity index (χ1n) is 20.5. The quantitative estimate of drug-likeness (QED) is 0.0276. The number of carboxylic acids is 1. The molecular weight excluding hydrogens is 666 g/mol. The van der Waals surface area contributed by atoms with Gasteiger partial charge in [-0.3, -0.25) is 9.59 Å². The summed E-state index contributed by atoms with van der Waals surface area (Å²) in [6, 6.07) is -0.739. The number of hydrogen-bond donors (Lipinski definition) is 0. The van der Waals surface area contributed by atoms with Gasteiger partial charge < -0.3 is 28.6 Å². The van der Waals surface area contributed by atoms with E-state index in [0.29, 0.717) is 12.8 Å². The van der Waals surface area contributed by atoms with Gasteiger partial charge in [0.05, 0.1) is 40.3 Å². The smallest absolute Gasteiger partial charge is 0.306 e. The summed E-state index contributed by atoms with van der Waals surface area (Å²) in [5.41, 5.74) is 0. The van der Waals surface area contributed by atoms with Crippen LogP contribution in [0.4, 0.5) is 0 Å². The second-order valence-electron chi connectivity index (χ2n) is 14.5. The van der Waals surface area contributed by atoms with Crippen LogP contribution in [0.3, 0.4) is 0 Å². The molecule has 0 N–H and O–H groups in total. The summed E-state index contributed by atoms with van der Waals surface area (Å²) >= 11 is 0. The predicted molar refractivity (Wildman–Crippen MR) is 217 cm³/mol. The number of ether oxygens (including phenoxy) is 3. The Morgan fingerprint density at radius 2 is 1.08 bits per heavy atom. The van der Waals surface area contributed by atoms with Gasteiger partial charge in [0, 0.05) is 19.3 Å². The average molecular weight is 742 g/mol. The lowest BCUT2D eigenvalue weighted by Crippen LogP contribution is -2.55. The topological polar surface area (TPSA) is 102 Å². The first-order chi connectivity index (χ1) is 25.6. The molecule has 8 heteroatoms. The molecule has 2 unspecified atom stereocenters. The zero-order chi connectivity index (χ0) is 39.3. The number of unbranched alkanes of at least 4 members (excludes halogenated alkanes) is 9. The molecule has 0 aliphatic heterocycles. The van der Waals surface area contributed by atoms with Gasteiger partial charge in [-0.25, -0.2) is 0 Å². The lowest BCUT2D eigenvalue weighted by molar-refractivity contribution is -0.889. The van der Waals surface area contributed by atoms with Crippen LogP contribution in [-0.4, -0.2) is 75.5 Å². The minimum atomic E-state index is -1.14. The fourth-order valence-electron chi connectivity index (χ4n) is 5.39. The van der Waals surface area contributed by atoms with Crippen LogP contribution in [0.5, 0.6) is 0 Å². The average Bonchev–Trinajstić information content (AvgIpc) is 3.11. The van der Waals surface area contributed by atoms with E-state index in [9.17, 15) is 19.5 Å². The lowest BCUT2D eigenvalue weighted by atomic mass is 10.1. The van der Waals surface area contributed by atoms with Gasteiger partial charge in [-0.05, 0) is 77.0 Å². The zero-order valence-corrected chi connectivity index (χ0v) is 34.2. The van der Waals surface area contributed by atoms with Gasteiger partial charge in [-0.2, -0.15) is 0 Å². The lowest BCUT2D eigenvalue weighted by Gasteiger charge is -2.34. The Balaban J connectivity index is 4.52. The molecule has 0 radical (unpaired) electrons. The maximum atomic E-state index is 12.7. The molecular formula is C45H75NO7. The van der Waals surface area contributed by atoms with Crippen molar-refractivity contribution in [3.8, 4) is 0 Å². The van der Waals surface area contributed by atoms with Crippen molar-refractivity contribution in [2.45, 2.75) is 154 Å². The van der Waals surface area contributed by atoms with E-state index in [4.69, 9.17) is 14.2 Å². The van der Waals surface area contributed by atoms with Gasteiger partial charge in [0.2, 0.25) is 0 Å². The van der Waals surface area contributed by atoms with Crippen molar-refractivity contribution in [3.05, 3.63) is 72.9 Å². The number of nitrogens with zero attached hydrogens (tertiary/aromatic N) is 1. The molecule has 0 spiro atoms. The third kappa shape index (κ3) is 34.3. The monoisotopic (exact) mass is 742 g/mol. The molecule has 8 nitrogen and oxygen atoms in total. The van der Waals surface area contributed by atoms with Crippen LogP contribution < -0.4 is 5.11 Å². The number of likely N-dealkylation sites (N-methyl/N-ethyl adjacent to an activating group) is 1. The van der Waals surface area contributed by atoms with Crippen molar-refractivity contribution in [3.63, 3.8) is 0 Å². The fraction of sp³-hybridized carbons (Fsp3) is 0.667. The van der Waals surface area contributed by atoms with Crippen LogP contribution in [0, 0.1) is 0 Å². The van der Waals surface area contributed by atoms with Gasteiger partial charge >= 0.3 is 11.9 Å². The third-order valence-corrected chi connectivity index (χ3v) is 8.58. The Morgan fingerprint density at radius 1 is 0.585 bits per heavy atom. The Hall–Kier alpha value is -3.23. The highest BCUT2D eigenvalue weighted by Crippen LogP contribution is 2.11. The van der Waals surface area contributed by atoms with Crippen LogP contribution in [-0.2, 0) is 28.6 Å². The van der Waals surface area contributed by atoms with Crippen LogP contribution in [0.15, 0.2) is 72.9 Å². The SMILES string of the molecule is CC/C=C\C/C=C\C/C=C\C/C=C\C/C=C\CCCC(=O)OC(COCCC(C(=O)[O-])[N+](C)(C)C)COC(=O)CCCCCCC/C=C\CCCCC. The molecule has 2 atom stereocenters. The fourth-order valence-corrected chi connectivity index (χ4v) is 5.39. The van der Waals surface area contributed by atoms with Crippen LogP contribution in [0.2, 0.25) is 0 Å². The minimum Gasteiger partial charge on any atom is -0.544 e. The Labute approximate surface area is 323 Å². The van der Waals surface area contributed by atoms with Crippen molar-refractivity contribution < 1.29 is 38.2 Å². The summed E-state index contributed by atoms with van der Waals surface area (Å²) in [4.78, 5) is 36.7. The van der Waals surface area contributed by atoms with Crippen molar-refractivity contribution in [1.82, 2.24) is 0 Å². The van der Waals surface area contributed by atoms with E-state index in [-0.39, 0.29) is 49.1 Å². The molecule has 0 aromatic carbocycles. The zero-order valence-electron chi connectivity index (χ0n) is 34.2. The summed E-state index contributed by atoms with van der Waals surface area (Å²) in [7, 11) is 5.37. The van der Waals surface area contributed by atoms with Gasteiger partial charge in [-0.1, -0.05) is 119 Å². The first kappa shape index (κ1) is 49.8. The highest BCUT2D eigenvalue weighted by Gasteiger charge is 2.25. The number of carboxylic acid groups (broad SMARTS) is 1. The number of aliphatic carboxylic acids is 1. The van der Waals surface area contributed by atoms with Crippen molar-refractivity contribution in [1.29, 1.82) is 0 Å². The molecule has 0 aromatic rings. The molecule has 302 valence electrons. The number of quaternary nitrogens is 1. The van der Waals surface area contributed by atoms with E-state index >= 15 is 0 Å². The maximum absolute atomic E-state index is 12.7. The molecule has 0 aliphatic carbocycles. The third-order valence-electron chi connectivity index (χ3n) is 8.58. The molecule has 0 heterocycles. The highest BCUT2D eigenvalue weighted by atomic mass is 16.6. The van der Waals surface area contributed by atoms with Crippen molar-refractivity contribution in [2.75, 3.05) is 41.0 Å². The summed E-state index contributed by atoms with van der Waals surface area (Å²) in [6.07, 6.45) is 43.6. The highest BCUT2D eigenvalue weighted by molar-refractivity contribution is 5.70. The van der Waals surface area contributed by atoms with Gasteiger partial charge in [0.1, 0.15) is 12.6 Å². The number of rotatable bonds is 35. The summed E-state index contributed by atoms with van der Waals surface area (Å²) in [6.45, 7) is 4.43. The first-order valence-corrected chi connectivity index (χ1v) is 20.5. The van der Waals surface area contributed by atoms with E-state index in [0.717, 1.165) is 70.6 Å². The minimum absolute atomic E-state index is 0.0117. The van der Waals surface area contributed by atoms with E-state index in [1.54, 1.807) is 21.1 Å².